The average molecular weight is 498 g/mol. The molecule has 0 radical (unpaired) electrons. The third-order valence-corrected chi connectivity index (χ3v) is 8.11. The molecule has 1 atom stereocenters. The first-order chi connectivity index (χ1) is 16.6. The average Bonchev–Trinajstić information content (AvgIpc) is 3.65. The molecule has 1 heterocycles. The largest absolute Gasteiger partial charge is 0.416 e. The Labute approximate surface area is 204 Å². The molecule has 35 heavy (non-hydrogen) atoms. The molecule has 1 unspecified atom stereocenters. The lowest BCUT2D eigenvalue weighted by molar-refractivity contribution is -0.139. The van der Waals surface area contributed by atoms with Crippen molar-refractivity contribution in [1.29, 1.82) is 0 Å². The van der Waals surface area contributed by atoms with E-state index in [1.807, 2.05) is 7.05 Å². The number of carbonyl (C=O) groups excluding carboxylic acids is 2. The molecule has 9 heteroatoms. The van der Waals surface area contributed by atoms with Crippen LogP contribution in [-0.2, 0) is 21.2 Å². The third kappa shape index (κ3) is 5.81. The molecule has 2 aliphatic carbocycles. The van der Waals surface area contributed by atoms with Crippen LogP contribution >= 0.6 is 0 Å². The maximum absolute atomic E-state index is 14.7. The number of hydrogen-bond donors (Lipinski definition) is 2. The standard InChI is InChI=1S/C26H35F4N3O2/c1-31-19-9-13-33(14-10-19)23(34)22(15-17-5-3-2-4-6-17)32-24(35)25(11-12-25)20-8-7-18(16-21(20)27)26(28,29)30/h7-8,16-17,19,22,31H,2-6,9-15H2,1H3,(H,32,35). The summed E-state index contributed by atoms with van der Waals surface area (Å²) in [6, 6.07) is 2.02. The van der Waals surface area contributed by atoms with Gasteiger partial charge in [0, 0.05) is 24.7 Å². The molecule has 1 aromatic rings. The fourth-order valence-corrected chi connectivity index (χ4v) is 5.71. The highest BCUT2D eigenvalue weighted by atomic mass is 19.4. The van der Waals surface area contributed by atoms with Gasteiger partial charge in [-0.3, -0.25) is 9.59 Å². The Hall–Kier alpha value is -2.16. The molecule has 5 nitrogen and oxygen atoms in total. The van der Waals surface area contributed by atoms with Gasteiger partial charge in [-0.2, -0.15) is 13.2 Å². The number of halogens is 4. The number of benzene rings is 1. The monoisotopic (exact) mass is 497 g/mol. The highest BCUT2D eigenvalue weighted by Crippen LogP contribution is 2.50. The zero-order chi connectivity index (χ0) is 25.2. The quantitative estimate of drug-likeness (QED) is 0.544. The van der Waals surface area contributed by atoms with E-state index in [2.05, 4.69) is 10.6 Å². The van der Waals surface area contributed by atoms with Gasteiger partial charge in [0.25, 0.3) is 0 Å². The molecular formula is C26H35F4N3O2. The predicted octanol–water partition coefficient (Wildman–Crippen LogP) is 4.54. The van der Waals surface area contributed by atoms with Crippen LogP contribution in [0.3, 0.4) is 0 Å². The first-order valence-electron chi connectivity index (χ1n) is 12.8. The van der Waals surface area contributed by atoms with Gasteiger partial charge in [0.05, 0.1) is 11.0 Å². The minimum absolute atomic E-state index is 0.0262. The number of nitrogens with one attached hydrogen (secondary N) is 2. The van der Waals surface area contributed by atoms with Gasteiger partial charge < -0.3 is 15.5 Å². The molecule has 4 rings (SSSR count). The van der Waals surface area contributed by atoms with E-state index in [0.717, 1.165) is 50.7 Å². The van der Waals surface area contributed by atoms with Crippen molar-refractivity contribution in [2.75, 3.05) is 20.1 Å². The lowest BCUT2D eigenvalue weighted by atomic mass is 9.84. The molecule has 0 aromatic heterocycles. The summed E-state index contributed by atoms with van der Waals surface area (Å²) in [5, 5.41) is 6.17. The second-order valence-corrected chi connectivity index (χ2v) is 10.4. The molecule has 194 valence electrons. The van der Waals surface area contributed by atoms with E-state index in [9.17, 15) is 27.2 Å². The summed E-state index contributed by atoms with van der Waals surface area (Å²) in [7, 11) is 1.91. The van der Waals surface area contributed by atoms with Gasteiger partial charge in [-0.05, 0) is 57.2 Å². The number of alkyl halides is 3. The summed E-state index contributed by atoms with van der Waals surface area (Å²) < 4.78 is 53.7. The van der Waals surface area contributed by atoms with Gasteiger partial charge in [0.15, 0.2) is 0 Å². The lowest BCUT2D eigenvalue weighted by Crippen LogP contribution is -2.54. The number of amides is 2. The van der Waals surface area contributed by atoms with Crippen molar-refractivity contribution in [3.63, 3.8) is 0 Å². The van der Waals surface area contributed by atoms with Crippen molar-refractivity contribution < 1.29 is 27.2 Å². The van der Waals surface area contributed by atoms with Crippen LogP contribution in [0.2, 0.25) is 0 Å². The molecule has 0 bridgehead atoms. The van der Waals surface area contributed by atoms with E-state index in [1.54, 1.807) is 4.90 Å². The van der Waals surface area contributed by atoms with Gasteiger partial charge >= 0.3 is 6.18 Å². The Morgan fingerprint density at radius 1 is 1.09 bits per heavy atom. The van der Waals surface area contributed by atoms with E-state index in [1.165, 1.54) is 6.42 Å². The minimum Gasteiger partial charge on any atom is -0.344 e. The fraction of sp³-hybridized carbons (Fsp3) is 0.692. The Bertz CT molecular complexity index is 918. The van der Waals surface area contributed by atoms with Crippen LogP contribution in [0, 0.1) is 11.7 Å². The number of likely N-dealkylation sites (tertiary alicyclic amines) is 1. The molecule has 3 fully saturated rings. The van der Waals surface area contributed by atoms with Gasteiger partial charge in [-0.25, -0.2) is 4.39 Å². The zero-order valence-corrected chi connectivity index (χ0v) is 20.2. The minimum atomic E-state index is -4.66. The van der Waals surface area contributed by atoms with Gasteiger partial charge in [0.2, 0.25) is 11.8 Å². The van der Waals surface area contributed by atoms with Crippen molar-refractivity contribution in [2.45, 2.75) is 87.9 Å². The number of piperidine rings is 1. The number of carbonyl (C=O) groups is 2. The van der Waals surface area contributed by atoms with Crippen molar-refractivity contribution in [3.8, 4) is 0 Å². The van der Waals surface area contributed by atoms with Crippen LogP contribution < -0.4 is 10.6 Å². The fourth-order valence-electron chi connectivity index (χ4n) is 5.71. The topological polar surface area (TPSA) is 61.4 Å². The van der Waals surface area contributed by atoms with Gasteiger partial charge in [0.1, 0.15) is 11.9 Å². The number of hydrogen-bond acceptors (Lipinski definition) is 3. The maximum atomic E-state index is 14.7. The van der Waals surface area contributed by atoms with E-state index < -0.39 is 34.9 Å². The van der Waals surface area contributed by atoms with E-state index >= 15 is 0 Å². The SMILES string of the molecule is CNC1CCN(C(=O)C(CC2CCCCC2)NC(=O)C2(c3ccc(C(F)(F)F)cc3F)CC2)CC1. The number of nitrogens with zero attached hydrogens (tertiary/aromatic N) is 1. The van der Waals surface area contributed by atoms with Crippen LogP contribution in [0.5, 0.6) is 0 Å². The van der Waals surface area contributed by atoms with Crippen LogP contribution in [0.25, 0.3) is 0 Å². The van der Waals surface area contributed by atoms with Crippen molar-refractivity contribution in [1.82, 2.24) is 15.5 Å². The molecule has 1 aromatic carbocycles. The predicted molar refractivity (Wildman–Crippen MR) is 124 cm³/mol. The highest BCUT2D eigenvalue weighted by molar-refractivity contribution is 5.95. The summed E-state index contributed by atoms with van der Waals surface area (Å²) >= 11 is 0. The highest BCUT2D eigenvalue weighted by Gasteiger charge is 2.54. The van der Waals surface area contributed by atoms with Crippen LogP contribution in [0.15, 0.2) is 18.2 Å². The zero-order valence-electron chi connectivity index (χ0n) is 20.2. The summed E-state index contributed by atoms with van der Waals surface area (Å²) in [5.74, 6) is -1.26. The molecule has 3 aliphatic rings. The van der Waals surface area contributed by atoms with E-state index in [-0.39, 0.29) is 11.5 Å². The van der Waals surface area contributed by atoms with Gasteiger partial charge in [-0.1, -0.05) is 38.2 Å². The summed E-state index contributed by atoms with van der Waals surface area (Å²) in [6.07, 6.45) is 3.67. The van der Waals surface area contributed by atoms with Crippen molar-refractivity contribution in [2.24, 2.45) is 5.92 Å². The summed E-state index contributed by atoms with van der Waals surface area (Å²) in [4.78, 5) is 28.7. The molecule has 1 aliphatic heterocycles. The Morgan fingerprint density at radius 2 is 1.74 bits per heavy atom. The Morgan fingerprint density at radius 3 is 2.29 bits per heavy atom. The molecule has 0 spiro atoms. The summed E-state index contributed by atoms with van der Waals surface area (Å²) in [6.45, 7) is 1.22. The second-order valence-electron chi connectivity index (χ2n) is 10.4. The first-order valence-corrected chi connectivity index (χ1v) is 12.8. The smallest absolute Gasteiger partial charge is 0.344 e. The van der Waals surface area contributed by atoms with Gasteiger partial charge in [-0.15, -0.1) is 0 Å². The normalized spacial score (nSPS) is 22.0. The van der Waals surface area contributed by atoms with Crippen LogP contribution in [0.4, 0.5) is 17.6 Å². The first kappa shape index (κ1) is 25.9. The Kier molecular flexibility index (Phi) is 7.74. The molecule has 2 N–H and O–H groups in total. The van der Waals surface area contributed by atoms with E-state index in [0.29, 0.717) is 50.4 Å². The van der Waals surface area contributed by atoms with Crippen LogP contribution in [0.1, 0.15) is 75.3 Å². The number of rotatable bonds is 7. The Balaban J connectivity index is 1.51. The maximum Gasteiger partial charge on any atom is 0.416 e. The lowest BCUT2D eigenvalue weighted by Gasteiger charge is -2.36. The van der Waals surface area contributed by atoms with Crippen molar-refractivity contribution in [3.05, 3.63) is 35.1 Å². The molecular weight excluding hydrogens is 462 g/mol. The van der Waals surface area contributed by atoms with Crippen molar-refractivity contribution >= 4 is 11.8 Å². The summed E-state index contributed by atoms with van der Waals surface area (Å²) in [5.41, 5.74) is -2.31. The molecule has 2 saturated carbocycles. The third-order valence-electron chi connectivity index (χ3n) is 8.11. The molecule has 2 amide bonds. The molecule has 1 saturated heterocycles. The second kappa shape index (κ2) is 10.4. The van der Waals surface area contributed by atoms with E-state index in [4.69, 9.17) is 0 Å². The van der Waals surface area contributed by atoms with Crippen LogP contribution in [-0.4, -0.2) is 48.9 Å².